The number of aryl methyl sites for hydroxylation is 1. The van der Waals surface area contributed by atoms with E-state index >= 15 is 0 Å². The van der Waals surface area contributed by atoms with Gasteiger partial charge in [-0.25, -0.2) is 0 Å². The first-order chi connectivity index (χ1) is 15.2. The lowest BCUT2D eigenvalue weighted by atomic mass is 10.1. The molecule has 0 radical (unpaired) electrons. The van der Waals surface area contributed by atoms with E-state index in [1.54, 1.807) is 7.11 Å². The topological polar surface area (TPSA) is 71.7 Å². The smallest absolute Gasteiger partial charge is 0.193 e. The Bertz CT molecular complexity index is 658. The maximum atomic E-state index is 6.01. The van der Waals surface area contributed by atoms with Gasteiger partial charge in [-0.2, -0.15) is 0 Å². The highest BCUT2D eigenvalue weighted by molar-refractivity contribution is 14.0. The van der Waals surface area contributed by atoms with Crippen molar-refractivity contribution in [3.8, 4) is 0 Å². The third kappa shape index (κ3) is 8.48. The highest BCUT2D eigenvalue weighted by Gasteiger charge is 2.26. The number of hydrogen-bond donors (Lipinski definition) is 1. The second-order valence-electron chi connectivity index (χ2n) is 8.21. The van der Waals surface area contributed by atoms with E-state index in [9.17, 15) is 0 Å². The van der Waals surface area contributed by atoms with Gasteiger partial charge in [0.25, 0.3) is 0 Å². The fourth-order valence-electron chi connectivity index (χ4n) is 4.19. The number of aliphatic imine (C=N–C) groups is 1. The molecule has 2 aliphatic heterocycles. The molecule has 1 aromatic heterocycles. The van der Waals surface area contributed by atoms with E-state index < -0.39 is 0 Å². The van der Waals surface area contributed by atoms with Crippen LogP contribution in [-0.2, 0) is 14.2 Å². The number of morpholine rings is 1. The predicted molar refractivity (Wildman–Crippen MR) is 137 cm³/mol. The number of piperidine rings is 1. The number of furan rings is 1. The number of halogens is 1. The first-order valence-electron chi connectivity index (χ1n) is 11.7. The molecule has 0 spiro atoms. The van der Waals surface area contributed by atoms with Gasteiger partial charge in [-0.1, -0.05) is 0 Å². The van der Waals surface area contributed by atoms with E-state index in [4.69, 9.17) is 23.6 Å². The van der Waals surface area contributed by atoms with E-state index in [-0.39, 0.29) is 30.0 Å². The third-order valence-corrected chi connectivity index (χ3v) is 5.91. The highest BCUT2D eigenvalue weighted by atomic mass is 127. The number of nitrogens with zero attached hydrogens (tertiary/aromatic N) is 3. The van der Waals surface area contributed by atoms with Crippen molar-refractivity contribution in [1.82, 2.24) is 15.1 Å². The molecule has 2 saturated heterocycles. The van der Waals surface area contributed by atoms with Crippen LogP contribution in [0.4, 0.5) is 0 Å². The monoisotopic (exact) mass is 564 g/mol. The largest absolute Gasteiger partial charge is 0.465 e. The van der Waals surface area contributed by atoms with Gasteiger partial charge in [0.2, 0.25) is 0 Å². The van der Waals surface area contributed by atoms with Crippen molar-refractivity contribution in [2.45, 2.75) is 45.3 Å². The van der Waals surface area contributed by atoms with Crippen LogP contribution < -0.4 is 5.32 Å². The minimum atomic E-state index is 0. The zero-order valence-electron chi connectivity index (χ0n) is 19.9. The van der Waals surface area contributed by atoms with Gasteiger partial charge in [0.1, 0.15) is 11.5 Å². The molecule has 0 bridgehead atoms. The molecule has 0 aromatic carbocycles. The van der Waals surface area contributed by atoms with Gasteiger partial charge in [0.15, 0.2) is 5.96 Å². The fraction of sp³-hybridized carbons (Fsp3) is 0.783. The van der Waals surface area contributed by atoms with Crippen molar-refractivity contribution in [3.05, 3.63) is 23.7 Å². The van der Waals surface area contributed by atoms with Crippen LogP contribution in [0.2, 0.25) is 0 Å². The van der Waals surface area contributed by atoms with Crippen LogP contribution in [0.5, 0.6) is 0 Å². The average molecular weight is 565 g/mol. The van der Waals surface area contributed by atoms with Crippen LogP contribution in [0.15, 0.2) is 21.5 Å². The van der Waals surface area contributed by atoms with Gasteiger partial charge < -0.3 is 28.8 Å². The molecule has 0 amide bonds. The quantitative estimate of drug-likeness (QED) is 0.203. The number of methoxy groups -OCH3 is 1. The number of ether oxygens (including phenoxy) is 3. The fourth-order valence-corrected chi connectivity index (χ4v) is 4.19. The summed E-state index contributed by atoms with van der Waals surface area (Å²) in [6.45, 7) is 12.4. The van der Waals surface area contributed by atoms with Gasteiger partial charge in [0, 0.05) is 53.0 Å². The van der Waals surface area contributed by atoms with Crippen LogP contribution >= 0.6 is 24.0 Å². The summed E-state index contributed by atoms with van der Waals surface area (Å²) in [5.41, 5.74) is 0. The minimum absolute atomic E-state index is 0. The Morgan fingerprint density at radius 1 is 1.19 bits per heavy atom. The van der Waals surface area contributed by atoms with Crippen molar-refractivity contribution < 1.29 is 18.6 Å². The van der Waals surface area contributed by atoms with E-state index in [1.165, 1.54) is 0 Å². The predicted octanol–water partition coefficient (Wildman–Crippen LogP) is 3.06. The number of hydrogen-bond acceptors (Lipinski definition) is 6. The number of guanidine groups is 1. The molecule has 8 nitrogen and oxygen atoms in total. The van der Waals surface area contributed by atoms with Gasteiger partial charge >= 0.3 is 0 Å². The molecule has 3 rings (SSSR count). The maximum Gasteiger partial charge on any atom is 0.193 e. The number of nitrogens with one attached hydrogen (secondary N) is 1. The molecule has 1 atom stereocenters. The van der Waals surface area contributed by atoms with E-state index in [0.29, 0.717) is 12.6 Å². The lowest BCUT2D eigenvalue weighted by Gasteiger charge is -2.35. The molecular weight excluding hydrogens is 523 g/mol. The summed E-state index contributed by atoms with van der Waals surface area (Å²) >= 11 is 0. The van der Waals surface area contributed by atoms with Gasteiger partial charge in [-0.3, -0.25) is 9.89 Å². The van der Waals surface area contributed by atoms with Crippen molar-refractivity contribution in [2.24, 2.45) is 4.99 Å². The molecule has 184 valence electrons. The molecule has 1 aromatic rings. The lowest BCUT2D eigenvalue weighted by molar-refractivity contribution is 0.00945. The highest BCUT2D eigenvalue weighted by Crippen LogP contribution is 2.24. The molecule has 1 N–H and O–H groups in total. The van der Waals surface area contributed by atoms with Crippen molar-refractivity contribution in [1.29, 1.82) is 0 Å². The molecule has 0 aliphatic carbocycles. The molecular formula is C23H41IN4O4. The van der Waals surface area contributed by atoms with Crippen LogP contribution in [-0.4, -0.2) is 94.7 Å². The molecule has 2 aliphatic rings. The number of likely N-dealkylation sites (tertiary alicyclic amines) is 1. The molecule has 9 heteroatoms. The molecule has 2 fully saturated rings. The Balaban J connectivity index is 0.00000363. The van der Waals surface area contributed by atoms with Crippen LogP contribution in [0.3, 0.4) is 0 Å². The summed E-state index contributed by atoms with van der Waals surface area (Å²) in [5, 5.41) is 3.49. The molecule has 0 saturated carbocycles. The minimum Gasteiger partial charge on any atom is -0.465 e. The third-order valence-electron chi connectivity index (χ3n) is 5.91. The lowest BCUT2D eigenvalue weighted by Crippen LogP contribution is -2.47. The Labute approximate surface area is 210 Å². The number of rotatable bonds is 10. The Kier molecular flexibility index (Phi) is 12.9. The van der Waals surface area contributed by atoms with Crippen LogP contribution in [0.25, 0.3) is 0 Å². The zero-order valence-corrected chi connectivity index (χ0v) is 22.2. The van der Waals surface area contributed by atoms with E-state index in [1.807, 2.05) is 13.0 Å². The Hall–Kier alpha value is -0.880. The summed E-state index contributed by atoms with van der Waals surface area (Å²) in [4.78, 5) is 9.83. The van der Waals surface area contributed by atoms with Gasteiger partial charge in [0.05, 0.1) is 31.9 Å². The van der Waals surface area contributed by atoms with Gasteiger partial charge in [-0.15, -0.1) is 24.0 Å². The van der Waals surface area contributed by atoms with Crippen molar-refractivity contribution in [3.63, 3.8) is 0 Å². The first kappa shape index (κ1) is 27.4. The first-order valence-corrected chi connectivity index (χ1v) is 11.7. The maximum absolute atomic E-state index is 6.01. The summed E-state index contributed by atoms with van der Waals surface area (Å²) in [5.74, 6) is 2.92. The summed E-state index contributed by atoms with van der Waals surface area (Å²) in [6.07, 6.45) is 3.35. The average Bonchev–Trinajstić information content (AvgIpc) is 3.23. The van der Waals surface area contributed by atoms with Crippen molar-refractivity contribution in [2.75, 3.05) is 72.8 Å². The molecule has 32 heavy (non-hydrogen) atoms. The van der Waals surface area contributed by atoms with Crippen molar-refractivity contribution >= 4 is 29.9 Å². The van der Waals surface area contributed by atoms with E-state index in [0.717, 1.165) is 95.9 Å². The SMILES string of the molecule is CCNC(=NCC(c1ccc(C)o1)N1CCOCC1)N1CCC(OCCCOC)CC1.I. The Morgan fingerprint density at radius 2 is 1.94 bits per heavy atom. The molecule has 1 unspecified atom stereocenters. The standard InChI is InChI=1S/C23H40N4O4.HI/c1-4-24-23(27-10-8-20(9-11-27)30-15-5-14-28-3)25-18-21(22-7-6-19(2)31-22)26-12-16-29-17-13-26;/h6-7,20-21H,4-5,8-18H2,1-3H3,(H,24,25);1H. The normalized spacial score (nSPS) is 19.6. The van der Waals surface area contributed by atoms with Gasteiger partial charge in [-0.05, 0) is 45.2 Å². The second kappa shape index (κ2) is 15.1. The Morgan fingerprint density at radius 3 is 2.56 bits per heavy atom. The summed E-state index contributed by atoms with van der Waals surface area (Å²) in [6, 6.07) is 4.26. The van der Waals surface area contributed by atoms with Crippen LogP contribution in [0, 0.1) is 6.92 Å². The van der Waals surface area contributed by atoms with E-state index in [2.05, 4.69) is 28.1 Å². The summed E-state index contributed by atoms with van der Waals surface area (Å²) < 4.78 is 22.7. The zero-order chi connectivity index (χ0) is 21.9. The summed E-state index contributed by atoms with van der Waals surface area (Å²) in [7, 11) is 1.73. The van der Waals surface area contributed by atoms with Crippen LogP contribution in [0.1, 0.15) is 43.7 Å². The molecule has 3 heterocycles. The second-order valence-corrected chi connectivity index (χ2v) is 8.21.